The highest BCUT2D eigenvalue weighted by Gasteiger charge is 2.27. The van der Waals surface area contributed by atoms with Crippen molar-refractivity contribution >= 4 is 28.7 Å². The molecule has 2 rings (SSSR count). The molecule has 2 amide bonds. The molecule has 1 aromatic carbocycles. The van der Waals surface area contributed by atoms with Gasteiger partial charge in [0, 0.05) is 23.5 Å². The van der Waals surface area contributed by atoms with Crippen LogP contribution in [-0.4, -0.2) is 46.5 Å². The number of hydrogen-bond acceptors (Lipinski definition) is 4. The number of amides is 2. The van der Waals surface area contributed by atoms with Crippen LogP contribution in [-0.2, 0) is 20.8 Å². The first kappa shape index (κ1) is 20.4. The third-order valence-corrected chi connectivity index (χ3v) is 4.71. The average Bonchev–Trinajstić information content (AvgIpc) is 3.07. The summed E-state index contributed by atoms with van der Waals surface area (Å²) < 4.78 is 0. The van der Waals surface area contributed by atoms with Gasteiger partial charge in [-0.3, -0.25) is 14.4 Å². The Morgan fingerprint density at radius 3 is 2.59 bits per heavy atom. The van der Waals surface area contributed by atoms with E-state index in [1.807, 2.05) is 38.1 Å². The number of carbonyl (C=O) groups excluding carboxylic acids is 2. The maximum absolute atomic E-state index is 12.5. The lowest BCUT2D eigenvalue weighted by atomic mass is 9.98. The number of carboxylic acids is 1. The molecule has 27 heavy (non-hydrogen) atoms. The van der Waals surface area contributed by atoms with E-state index in [0.717, 1.165) is 22.9 Å². The van der Waals surface area contributed by atoms with Gasteiger partial charge in [-0.1, -0.05) is 38.5 Å². The minimum absolute atomic E-state index is 0.0409. The Hall–Kier alpha value is -2.87. The summed E-state index contributed by atoms with van der Waals surface area (Å²) in [5, 5.41) is 14.7. The van der Waals surface area contributed by atoms with E-state index in [0.29, 0.717) is 0 Å². The number of H-pyrrole nitrogens is 1. The van der Waals surface area contributed by atoms with Crippen molar-refractivity contribution in [1.82, 2.24) is 15.6 Å². The molecule has 0 bridgehead atoms. The van der Waals surface area contributed by atoms with Gasteiger partial charge in [0.25, 0.3) is 0 Å². The molecule has 3 unspecified atom stereocenters. The van der Waals surface area contributed by atoms with Gasteiger partial charge in [-0.25, -0.2) is 0 Å². The number of carboxylic acid groups (broad SMARTS) is 1. The van der Waals surface area contributed by atoms with E-state index in [2.05, 4.69) is 15.6 Å². The van der Waals surface area contributed by atoms with Crippen LogP contribution in [0.4, 0.5) is 0 Å². The minimum Gasteiger partial charge on any atom is -0.480 e. The molecule has 0 saturated carbocycles. The van der Waals surface area contributed by atoms with Crippen molar-refractivity contribution in [3.63, 3.8) is 0 Å². The van der Waals surface area contributed by atoms with E-state index in [4.69, 9.17) is 10.8 Å². The third-order valence-electron chi connectivity index (χ3n) is 4.71. The molecule has 1 aromatic heterocycles. The number of rotatable bonds is 9. The fraction of sp³-hybridized carbons (Fsp3) is 0.421. The zero-order chi connectivity index (χ0) is 20.0. The van der Waals surface area contributed by atoms with Gasteiger partial charge in [-0.2, -0.15) is 0 Å². The van der Waals surface area contributed by atoms with E-state index in [-0.39, 0.29) is 12.3 Å². The first-order chi connectivity index (χ1) is 12.8. The lowest BCUT2D eigenvalue weighted by Gasteiger charge is -2.23. The standard InChI is InChI=1S/C19H26N4O4/c1-3-11(2)17(20)19(27)23-15(18(26)22-10-16(24)25)8-12-9-21-14-7-5-4-6-13(12)14/h4-7,9,11,15,17,21H,3,8,10,20H2,1-2H3,(H,22,26)(H,23,27)(H,24,25). The predicted octanol–water partition coefficient (Wildman–Crippen LogP) is 0.769. The van der Waals surface area contributed by atoms with E-state index >= 15 is 0 Å². The zero-order valence-electron chi connectivity index (χ0n) is 15.5. The molecule has 0 radical (unpaired) electrons. The normalized spacial score (nSPS) is 14.3. The van der Waals surface area contributed by atoms with Gasteiger partial charge in [0.1, 0.15) is 12.6 Å². The summed E-state index contributed by atoms with van der Waals surface area (Å²) >= 11 is 0. The second-order valence-corrected chi connectivity index (χ2v) is 6.65. The second-order valence-electron chi connectivity index (χ2n) is 6.65. The molecule has 0 fully saturated rings. The van der Waals surface area contributed by atoms with E-state index in [9.17, 15) is 14.4 Å². The summed E-state index contributed by atoms with van der Waals surface area (Å²) in [7, 11) is 0. The number of para-hydroxylation sites is 1. The lowest BCUT2D eigenvalue weighted by Crippen LogP contribution is -2.54. The molecule has 2 aromatic rings. The van der Waals surface area contributed by atoms with E-state index in [1.54, 1.807) is 6.20 Å². The molecule has 0 aliphatic rings. The Bertz CT molecular complexity index is 817. The largest absolute Gasteiger partial charge is 0.480 e. The summed E-state index contributed by atoms with van der Waals surface area (Å²) in [6, 6.07) is 5.94. The first-order valence-corrected chi connectivity index (χ1v) is 8.93. The van der Waals surface area contributed by atoms with Crippen molar-refractivity contribution in [2.45, 2.75) is 38.8 Å². The molecule has 0 spiro atoms. The van der Waals surface area contributed by atoms with Crippen LogP contribution in [0.5, 0.6) is 0 Å². The van der Waals surface area contributed by atoms with E-state index < -0.39 is 36.4 Å². The number of hydrogen-bond donors (Lipinski definition) is 5. The molecular formula is C19H26N4O4. The summed E-state index contributed by atoms with van der Waals surface area (Å²) in [5.74, 6) is -2.19. The van der Waals surface area contributed by atoms with Gasteiger partial charge in [0.15, 0.2) is 0 Å². The Balaban J connectivity index is 2.19. The topological polar surface area (TPSA) is 137 Å². The fourth-order valence-corrected chi connectivity index (χ4v) is 2.80. The first-order valence-electron chi connectivity index (χ1n) is 8.93. The molecule has 3 atom stereocenters. The van der Waals surface area contributed by atoms with Crippen LogP contribution in [0.25, 0.3) is 10.9 Å². The smallest absolute Gasteiger partial charge is 0.322 e. The molecule has 1 heterocycles. The molecule has 0 aliphatic carbocycles. The number of fused-ring (bicyclic) bond motifs is 1. The van der Waals surface area contributed by atoms with Crippen LogP contribution >= 0.6 is 0 Å². The van der Waals surface area contributed by atoms with Gasteiger partial charge in [-0.15, -0.1) is 0 Å². The third kappa shape index (κ3) is 5.30. The summed E-state index contributed by atoms with van der Waals surface area (Å²) in [5.41, 5.74) is 7.72. The Morgan fingerprint density at radius 1 is 1.22 bits per heavy atom. The minimum atomic E-state index is -1.16. The van der Waals surface area contributed by atoms with Gasteiger partial charge < -0.3 is 26.5 Å². The number of aromatic nitrogens is 1. The number of aliphatic carboxylic acids is 1. The second kappa shape index (κ2) is 9.18. The number of carbonyl (C=O) groups is 3. The molecule has 0 aliphatic heterocycles. The molecular weight excluding hydrogens is 348 g/mol. The number of nitrogens with one attached hydrogen (secondary N) is 3. The van der Waals surface area contributed by atoms with Crippen LogP contribution in [0.2, 0.25) is 0 Å². The van der Waals surface area contributed by atoms with Crippen molar-refractivity contribution in [2.75, 3.05) is 6.54 Å². The van der Waals surface area contributed by atoms with Gasteiger partial charge in [0.05, 0.1) is 6.04 Å². The highest BCUT2D eigenvalue weighted by Crippen LogP contribution is 2.19. The van der Waals surface area contributed by atoms with Crippen LogP contribution in [0.1, 0.15) is 25.8 Å². The zero-order valence-corrected chi connectivity index (χ0v) is 15.5. The van der Waals surface area contributed by atoms with E-state index in [1.165, 1.54) is 0 Å². The maximum Gasteiger partial charge on any atom is 0.322 e. The van der Waals surface area contributed by atoms with Crippen LogP contribution in [0, 0.1) is 5.92 Å². The van der Waals surface area contributed by atoms with Crippen molar-refractivity contribution in [1.29, 1.82) is 0 Å². The van der Waals surface area contributed by atoms with Gasteiger partial charge in [0.2, 0.25) is 11.8 Å². The molecule has 0 saturated heterocycles. The molecule has 8 heteroatoms. The molecule has 8 nitrogen and oxygen atoms in total. The van der Waals surface area contributed by atoms with Crippen molar-refractivity contribution in [2.24, 2.45) is 11.7 Å². The number of aromatic amines is 1. The molecule has 6 N–H and O–H groups in total. The summed E-state index contributed by atoms with van der Waals surface area (Å²) in [6.07, 6.45) is 2.73. The Labute approximate surface area is 157 Å². The monoisotopic (exact) mass is 374 g/mol. The van der Waals surface area contributed by atoms with Crippen LogP contribution in [0.3, 0.4) is 0 Å². The van der Waals surface area contributed by atoms with Crippen molar-refractivity contribution < 1.29 is 19.5 Å². The molecule has 146 valence electrons. The lowest BCUT2D eigenvalue weighted by molar-refractivity contribution is -0.138. The van der Waals surface area contributed by atoms with Crippen LogP contribution < -0.4 is 16.4 Å². The quantitative estimate of drug-likeness (QED) is 0.441. The van der Waals surface area contributed by atoms with Crippen molar-refractivity contribution in [3.8, 4) is 0 Å². The Morgan fingerprint density at radius 2 is 1.93 bits per heavy atom. The summed E-state index contributed by atoms with van der Waals surface area (Å²) in [4.78, 5) is 38.8. The van der Waals surface area contributed by atoms with Gasteiger partial charge in [-0.05, 0) is 17.5 Å². The number of nitrogens with two attached hydrogens (primary N) is 1. The highest BCUT2D eigenvalue weighted by molar-refractivity contribution is 5.92. The van der Waals surface area contributed by atoms with Gasteiger partial charge >= 0.3 is 5.97 Å². The highest BCUT2D eigenvalue weighted by atomic mass is 16.4. The van der Waals surface area contributed by atoms with Crippen molar-refractivity contribution in [3.05, 3.63) is 36.0 Å². The predicted molar refractivity (Wildman–Crippen MR) is 102 cm³/mol. The SMILES string of the molecule is CCC(C)C(N)C(=O)NC(Cc1c[nH]c2ccccc12)C(=O)NCC(=O)O. The van der Waals surface area contributed by atoms with Crippen LogP contribution in [0.15, 0.2) is 30.5 Å². The fourth-order valence-electron chi connectivity index (χ4n) is 2.80. The number of benzene rings is 1. The average molecular weight is 374 g/mol. The Kier molecular flexibility index (Phi) is 6.95. The summed E-state index contributed by atoms with van der Waals surface area (Å²) in [6.45, 7) is 3.28. The maximum atomic E-state index is 12.5.